The monoisotopic (exact) mass is 274 g/mol. The van der Waals surface area contributed by atoms with Gasteiger partial charge in [0, 0.05) is 18.7 Å². The van der Waals surface area contributed by atoms with E-state index >= 15 is 0 Å². The molecule has 0 amide bonds. The molecule has 2 aliphatic rings. The average molecular weight is 274 g/mol. The van der Waals surface area contributed by atoms with Gasteiger partial charge in [0.25, 0.3) is 0 Å². The van der Waals surface area contributed by atoms with E-state index in [1.165, 1.54) is 0 Å². The number of imidazole rings is 1. The van der Waals surface area contributed by atoms with Crippen molar-refractivity contribution in [1.29, 1.82) is 0 Å². The van der Waals surface area contributed by atoms with E-state index in [9.17, 15) is 13.2 Å². The molecule has 1 aromatic heterocycles. The largest absolute Gasteiger partial charge is 0.392 e. The number of hydrogen-bond acceptors (Lipinski definition) is 2. The number of alkyl halides is 3. The maximum atomic E-state index is 12.7. The molecule has 106 valence electrons. The van der Waals surface area contributed by atoms with Crippen LogP contribution in [0.1, 0.15) is 43.1 Å². The molecule has 19 heavy (non-hydrogen) atoms. The molecule has 1 fully saturated rings. The molecule has 0 bridgehead atoms. The van der Waals surface area contributed by atoms with Crippen LogP contribution >= 0.6 is 0 Å². The quantitative estimate of drug-likeness (QED) is 0.854. The summed E-state index contributed by atoms with van der Waals surface area (Å²) in [5.74, 6) is -0.168. The minimum atomic E-state index is -4.11. The number of halogens is 3. The summed E-state index contributed by atoms with van der Waals surface area (Å²) in [4.78, 5) is 7.52. The van der Waals surface area contributed by atoms with Gasteiger partial charge in [0.05, 0.1) is 11.6 Å². The minimum Gasteiger partial charge on any atom is -0.370 e. The lowest BCUT2D eigenvalue weighted by Crippen LogP contribution is -2.28. The molecule has 0 spiro atoms. The standard InChI is InChI=1S/C13H17F3N2O/c1-7-4-5-19-11(7)12-17-9-3-2-8(13(14,15)16)6-10(9)18-12/h7-8,11H,2-6H2,1H3,(H,17,18). The fourth-order valence-electron chi connectivity index (χ4n) is 2.96. The van der Waals surface area contributed by atoms with E-state index < -0.39 is 12.1 Å². The number of aromatic amines is 1. The van der Waals surface area contributed by atoms with Crippen molar-refractivity contribution in [2.45, 2.75) is 44.9 Å². The lowest BCUT2D eigenvalue weighted by molar-refractivity contribution is -0.177. The number of ether oxygens (including phenoxy) is 1. The first-order valence-corrected chi connectivity index (χ1v) is 6.71. The van der Waals surface area contributed by atoms with Gasteiger partial charge in [0.1, 0.15) is 11.9 Å². The topological polar surface area (TPSA) is 37.9 Å². The lowest BCUT2D eigenvalue weighted by Gasteiger charge is -2.23. The summed E-state index contributed by atoms with van der Waals surface area (Å²) in [7, 11) is 0. The Morgan fingerprint density at radius 3 is 2.74 bits per heavy atom. The molecule has 2 heterocycles. The third-order valence-corrected chi connectivity index (χ3v) is 4.18. The number of nitrogens with one attached hydrogen (secondary N) is 1. The first-order chi connectivity index (χ1) is 8.95. The summed E-state index contributed by atoms with van der Waals surface area (Å²) in [5, 5.41) is 0. The van der Waals surface area contributed by atoms with E-state index in [1.807, 2.05) is 0 Å². The van der Waals surface area contributed by atoms with Crippen molar-refractivity contribution in [3.63, 3.8) is 0 Å². The van der Waals surface area contributed by atoms with Gasteiger partial charge < -0.3 is 9.72 Å². The molecule has 3 nitrogen and oxygen atoms in total. The fourth-order valence-corrected chi connectivity index (χ4v) is 2.96. The van der Waals surface area contributed by atoms with Gasteiger partial charge in [-0.05, 0) is 25.2 Å². The summed E-state index contributed by atoms with van der Waals surface area (Å²) in [6, 6.07) is 0. The molecule has 1 aliphatic carbocycles. The van der Waals surface area contributed by atoms with Gasteiger partial charge in [-0.2, -0.15) is 13.2 Å². The van der Waals surface area contributed by atoms with Crippen LogP contribution in [0.4, 0.5) is 13.2 Å². The number of aryl methyl sites for hydroxylation is 1. The SMILES string of the molecule is CC1CCOC1c1nc2c([nH]1)CC(C(F)(F)F)CC2. The average Bonchev–Trinajstić information content (AvgIpc) is 2.91. The number of H-pyrrole nitrogens is 1. The summed E-state index contributed by atoms with van der Waals surface area (Å²) < 4.78 is 43.8. The first-order valence-electron chi connectivity index (χ1n) is 6.71. The molecule has 6 heteroatoms. The predicted octanol–water partition coefficient (Wildman–Crippen LogP) is 3.17. The van der Waals surface area contributed by atoms with Crippen molar-refractivity contribution < 1.29 is 17.9 Å². The third-order valence-electron chi connectivity index (χ3n) is 4.18. The Hall–Kier alpha value is -1.04. The Balaban J connectivity index is 1.81. The smallest absolute Gasteiger partial charge is 0.370 e. The van der Waals surface area contributed by atoms with Crippen LogP contribution in [0.5, 0.6) is 0 Å². The van der Waals surface area contributed by atoms with Crippen molar-refractivity contribution in [3.8, 4) is 0 Å². The highest BCUT2D eigenvalue weighted by atomic mass is 19.4. The van der Waals surface area contributed by atoms with Crippen molar-refractivity contribution in [2.75, 3.05) is 6.61 Å². The molecule has 0 aromatic carbocycles. The highest BCUT2D eigenvalue weighted by molar-refractivity contribution is 5.20. The number of rotatable bonds is 1. The van der Waals surface area contributed by atoms with E-state index in [0.717, 1.165) is 12.1 Å². The molecule has 1 aromatic rings. The Labute approximate surface area is 109 Å². The summed E-state index contributed by atoms with van der Waals surface area (Å²) in [5.41, 5.74) is 1.43. The Morgan fingerprint density at radius 2 is 2.11 bits per heavy atom. The van der Waals surface area contributed by atoms with Crippen LogP contribution in [0, 0.1) is 11.8 Å². The van der Waals surface area contributed by atoms with E-state index in [-0.39, 0.29) is 18.9 Å². The zero-order valence-electron chi connectivity index (χ0n) is 10.8. The van der Waals surface area contributed by atoms with Crippen molar-refractivity contribution in [2.24, 2.45) is 11.8 Å². The van der Waals surface area contributed by atoms with Gasteiger partial charge in [0.2, 0.25) is 0 Å². The number of nitrogens with zero attached hydrogens (tertiary/aromatic N) is 1. The van der Waals surface area contributed by atoms with E-state index in [2.05, 4.69) is 16.9 Å². The summed E-state index contributed by atoms with van der Waals surface area (Å²) in [6.07, 6.45) is -2.66. The van der Waals surface area contributed by atoms with Crippen LogP contribution in [0.15, 0.2) is 0 Å². The lowest BCUT2D eigenvalue weighted by atomic mass is 9.89. The van der Waals surface area contributed by atoms with Gasteiger partial charge in [-0.3, -0.25) is 0 Å². The molecule has 1 aliphatic heterocycles. The van der Waals surface area contributed by atoms with Gasteiger partial charge in [0.15, 0.2) is 0 Å². The van der Waals surface area contributed by atoms with Crippen molar-refractivity contribution in [3.05, 3.63) is 17.2 Å². The molecular formula is C13H17F3N2O. The normalized spacial score (nSPS) is 31.5. The maximum Gasteiger partial charge on any atom is 0.392 e. The van der Waals surface area contributed by atoms with E-state index in [4.69, 9.17) is 4.74 Å². The molecule has 1 saturated heterocycles. The second-order valence-corrected chi connectivity index (χ2v) is 5.59. The zero-order valence-corrected chi connectivity index (χ0v) is 10.8. The van der Waals surface area contributed by atoms with Crippen molar-refractivity contribution >= 4 is 0 Å². The number of fused-ring (bicyclic) bond motifs is 1. The zero-order chi connectivity index (χ0) is 13.6. The third kappa shape index (κ3) is 2.38. The van der Waals surface area contributed by atoms with Crippen LogP contribution < -0.4 is 0 Å². The van der Waals surface area contributed by atoms with Gasteiger partial charge in [-0.1, -0.05) is 6.92 Å². The molecule has 3 atom stereocenters. The first kappa shape index (κ1) is 13.0. The molecule has 0 radical (unpaired) electrons. The maximum absolute atomic E-state index is 12.7. The second kappa shape index (κ2) is 4.51. The predicted molar refractivity (Wildman–Crippen MR) is 62.6 cm³/mol. The van der Waals surface area contributed by atoms with Gasteiger partial charge in [-0.25, -0.2) is 4.98 Å². The Bertz CT molecular complexity index is 469. The summed E-state index contributed by atoms with van der Waals surface area (Å²) in [6.45, 7) is 2.78. The van der Waals surface area contributed by atoms with Crippen LogP contribution in [0.3, 0.4) is 0 Å². The number of aromatic nitrogens is 2. The molecule has 3 unspecified atom stereocenters. The van der Waals surface area contributed by atoms with Crippen LogP contribution in [-0.4, -0.2) is 22.8 Å². The van der Waals surface area contributed by atoms with Crippen LogP contribution in [-0.2, 0) is 17.6 Å². The molecule has 0 saturated carbocycles. The highest BCUT2D eigenvalue weighted by Crippen LogP contribution is 2.38. The molecular weight excluding hydrogens is 257 g/mol. The van der Waals surface area contributed by atoms with Crippen molar-refractivity contribution in [1.82, 2.24) is 9.97 Å². The fraction of sp³-hybridized carbons (Fsp3) is 0.769. The number of hydrogen-bond donors (Lipinski definition) is 1. The Kier molecular flexibility index (Phi) is 3.08. The van der Waals surface area contributed by atoms with E-state index in [0.29, 0.717) is 30.5 Å². The molecule has 1 N–H and O–H groups in total. The van der Waals surface area contributed by atoms with Crippen LogP contribution in [0.25, 0.3) is 0 Å². The van der Waals surface area contributed by atoms with Crippen LogP contribution in [0.2, 0.25) is 0 Å². The summed E-state index contributed by atoms with van der Waals surface area (Å²) >= 11 is 0. The van der Waals surface area contributed by atoms with E-state index in [1.54, 1.807) is 0 Å². The second-order valence-electron chi connectivity index (χ2n) is 5.59. The molecule has 3 rings (SSSR count). The highest BCUT2D eigenvalue weighted by Gasteiger charge is 2.42. The Morgan fingerprint density at radius 1 is 1.32 bits per heavy atom. The van der Waals surface area contributed by atoms with Gasteiger partial charge in [-0.15, -0.1) is 0 Å². The van der Waals surface area contributed by atoms with Gasteiger partial charge >= 0.3 is 6.18 Å². The minimum absolute atomic E-state index is 0.0208.